The lowest BCUT2D eigenvalue weighted by Crippen LogP contribution is -2.14. The molecule has 0 aliphatic rings. The van der Waals surface area contributed by atoms with E-state index in [0.717, 1.165) is 5.56 Å². The van der Waals surface area contributed by atoms with Gasteiger partial charge in [-0.15, -0.1) is 0 Å². The molecule has 26 heavy (non-hydrogen) atoms. The Morgan fingerprint density at radius 2 is 1.58 bits per heavy atom. The standard InChI is InChI=1S/C20H15F2NO3/c21-20(22)25-16-11-9-15(10-12-16)19(24)26-18(14-6-2-1-3-7-14)17-8-4-5-13-23-17/h1-13,18,20H/t18-/m1/s1. The number of carbonyl (C=O) groups excluding carboxylic acids is 1. The van der Waals surface area contributed by atoms with Crippen molar-refractivity contribution in [2.24, 2.45) is 0 Å². The number of aromatic nitrogens is 1. The average Bonchev–Trinajstić information content (AvgIpc) is 2.67. The molecule has 0 radical (unpaired) electrons. The van der Waals surface area contributed by atoms with E-state index in [4.69, 9.17) is 4.74 Å². The minimum absolute atomic E-state index is 0.0270. The Hall–Kier alpha value is -3.28. The van der Waals surface area contributed by atoms with Crippen molar-refractivity contribution in [3.63, 3.8) is 0 Å². The molecule has 0 saturated carbocycles. The quantitative estimate of drug-likeness (QED) is 0.605. The second-order valence-corrected chi connectivity index (χ2v) is 5.35. The van der Waals surface area contributed by atoms with Crippen molar-refractivity contribution in [3.8, 4) is 5.75 Å². The average molecular weight is 355 g/mol. The number of halogens is 2. The predicted molar refractivity (Wildman–Crippen MR) is 91.0 cm³/mol. The summed E-state index contributed by atoms with van der Waals surface area (Å²) in [6.45, 7) is -2.92. The van der Waals surface area contributed by atoms with Gasteiger partial charge in [-0.1, -0.05) is 36.4 Å². The van der Waals surface area contributed by atoms with Crippen LogP contribution in [0, 0.1) is 0 Å². The molecule has 0 spiro atoms. The molecule has 1 aromatic heterocycles. The molecule has 3 aromatic rings. The second-order valence-electron chi connectivity index (χ2n) is 5.35. The fourth-order valence-corrected chi connectivity index (χ4v) is 2.41. The van der Waals surface area contributed by atoms with Gasteiger partial charge in [0.1, 0.15) is 5.75 Å². The zero-order valence-electron chi connectivity index (χ0n) is 13.6. The third-order valence-electron chi connectivity index (χ3n) is 3.60. The number of pyridine rings is 1. The Kier molecular flexibility index (Phi) is 5.53. The SMILES string of the molecule is O=C(O[C@H](c1ccccc1)c1ccccn1)c1ccc(OC(F)F)cc1. The molecule has 6 heteroatoms. The van der Waals surface area contributed by atoms with Gasteiger partial charge in [-0.2, -0.15) is 8.78 Å². The van der Waals surface area contributed by atoms with Crippen LogP contribution in [0.4, 0.5) is 8.78 Å². The highest BCUT2D eigenvalue weighted by molar-refractivity contribution is 5.89. The van der Waals surface area contributed by atoms with Gasteiger partial charge < -0.3 is 9.47 Å². The van der Waals surface area contributed by atoms with Gasteiger partial charge in [0.05, 0.1) is 11.3 Å². The van der Waals surface area contributed by atoms with Crippen LogP contribution in [0.1, 0.15) is 27.7 Å². The van der Waals surface area contributed by atoms with Crippen molar-refractivity contribution in [2.45, 2.75) is 12.7 Å². The van der Waals surface area contributed by atoms with Crippen LogP contribution in [0.5, 0.6) is 5.75 Å². The molecule has 3 rings (SSSR count). The Labute approximate surface area is 149 Å². The molecule has 0 N–H and O–H groups in total. The largest absolute Gasteiger partial charge is 0.447 e. The fraction of sp³-hybridized carbons (Fsp3) is 0.100. The first kappa shape index (κ1) is 17.5. The minimum Gasteiger partial charge on any atom is -0.447 e. The molecular weight excluding hydrogens is 340 g/mol. The lowest BCUT2D eigenvalue weighted by atomic mass is 10.1. The van der Waals surface area contributed by atoms with Crippen LogP contribution in [0.15, 0.2) is 79.0 Å². The molecule has 2 aromatic carbocycles. The monoisotopic (exact) mass is 355 g/mol. The van der Waals surface area contributed by atoms with E-state index in [-0.39, 0.29) is 11.3 Å². The van der Waals surface area contributed by atoms with E-state index in [1.54, 1.807) is 18.3 Å². The highest BCUT2D eigenvalue weighted by Crippen LogP contribution is 2.26. The molecule has 0 aliphatic heterocycles. The van der Waals surface area contributed by atoms with Crippen molar-refractivity contribution in [3.05, 3.63) is 95.8 Å². The zero-order chi connectivity index (χ0) is 18.4. The van der Waals surface area contributed by atoms with Crippen LogP contribution in [0.3, 0.4) is 0 Å². The topological polar surface area (TPSA) is 48.4 Å². The normalized spacial score (nSPS) is 11.8. The number of benzene rings is 2. The third kappa shape index (κ3) is 4.42. The summed E-state index contributed by atoms with van der Waals surface area (Å²) in [6, 6.07) is 19.9. The molecule has 132 valence electrons. The van der Waals surface area contributed by atoms with Gasteiger partial charge in [-0.3, -0.25) is 4.98 Å². The third-order valence-corrected chi connectivity index (χ3v) is 3.60. The molecule has 0 bridgehead atoms. The molecule has 1 heterocycles. The first-order valence-electron chi connectivity index (χ1n) is 7.85. The smallest absolute Gasteiger partial charge is 0.387 e. The molecule has 0 aliphatic carbocycles. The van der Waals surface area contributed by atoms with E-state index in [2.05, 4.69) is 9.72 Å². The van der Waals surface area contributed by atoms with E-state index in [9.17, 15) is 13.6 Å². The lowest BCUT2D eigenvalue weighted by Gasteiger charge is -2.18. The van der Waals surface area contributed by atoms with Crippen molar-refractivity contribution < 1.29 is 23.0 Å². The van der Waals surface area contributed by atoms with Crippen LogP contribution in [0.2, 0.25) is 0 Å². The maximum absolute atomic E-state index is 12.5. The molecule has 0 saturated heterocycles. The second kappa shape index (κ2) is 8.20. The maximum atomic E-state index is 12.5. The number of esters is 1. The maximum Gasteiger partial charge on any atom is 0.387 e. The molecule has 1 atom stereocenters. The summed E-state index contributed by atoms with van der Waals surface area (Å²) in [5, 5.41) is 0. The van der Waals surface area contributed by atoms with E-state index in [0.29, 0.717) is 5.69 Å². The van der Waals surface area contributed by atoms with Gasteiger partial charge >= 0.3 is 12.6 Å². The van der Waals surface area contributed by atoms with E-state index >= 15 is 0 Å². The molecule has 0 fully saturated rings. The number of carbonyl (C=O) groups is 1. The Morgan fingerprint density at radius 1 is 0.885 bits per heavy atom. The number of alkyl halides is 2. The van der Waals surface area contributed by atoms with E-state index in [1.165, 1.54) is 24.3 Å². The summed E-state index contributed by atoms with van der Waals surface area (Å²) in [6.07, 6.45) is 0.942. The molecule has 0 unspecified atom stereocenters. The highest BCUT2D eigenvalue weighted by Gasteiger charge is 2.21. The van der Waals surface area contributed by atoms with E-state index < -0.39 is 18.7 Å². The summed E-state index contributed by atoms with van der Waals surface area (Å²) in [5.41, 5.74) is 1.59. The summed E-state index contributed by atoms with van der Waals surface area (Å²) >= 11 is 0. The number of ether oxygens (including phenoxy) is 2. The lowest BCUT2D eigenvalue weighted by molar-refractivity contribution is -0.0498. The van der Waals surface area contributed by atoms with Crippen LogP contribution in [-0.2, 0) is 4.74 Å². The molecular formula is C20H15F2NO3. The van der Waals surface area contributed by atoms with Crippen LogP contribution >= 0.6 is 0 Å². The molecule has 4 nitrogen and oxygen atoms in total. The van der Waals surface area contributed by atoms with Crippen LogP contribution < -0.4 is 4.74 Å². The van der Waals surface area contributed by atoms with Gasteiger partial charge in [0.15, 0.2) is 6.10 Å². The Morgan fingerprint density at radius 3 is 2.19 bits per heavy atom. The van der Waals surface area contributed by atoms with Crippen molar-refractivity contribution in [1.29, 1.82) is 0 Å². The van der Waals surface area contributed by atoms with Crippen LogP contribution in [0.25, 0.3) is 0 Å². The fourth-order valence-electron chi connectivity index (χ4n) is 2.41. The van der Waals surface area contributed by atoms with Crippen molar-refractivity contribution in [1.82, 2.24) is 4.98 Å². The van der Waals surface area contributed by atoms with Crippen molar-refractivity contribution >= 4 is 5.97 Å². The minimum atomic E-state index is -2.92. The summed E-state index contributed by atoms with van der Waals surface area (Å²) in [7, 11) is 0. The number of hydrogen-bond acceptors (Lipinski definition) is 4. The van der Waals surface area contributed by atoms with Crippen LogP contribution in [-0.4, -0.2) is 17.6 Å². The first-order chi connectivity index (χ1) is 12.6. The number of nitrogens with zero attached hydrogens (tertiary/aromatic N) is 1. The molecule has 0 amide bonds. The van der Waals surface area contributed by atoms with Crippen molar-refractivity contribution in [2.75, 3.05) is 0 Å². The zero-order valence-corrected chi connectivity index (χ0v) is 13.6. The number of rotatable bonds is 6. The summed E-state index contributed by atoms with van der Waals surface area (Å²) < 4.78 is 34.3. The Balaban J connectivity index is 1.81. The van der Waals surface area contributed by atoms with E-state index in [1.807, 2.05) is 36.4 Å². The van der Waals surface area contributed by atoms with Gasteiger partial charge in [0, 0.05) is 6.20 Å². The Bertz CT molecular complexity index is 800. The number of hydrogen-bond donors (Lipinski definition) is 0. The predicted octanol–water partition coefficient (Wildman–Crippen LogP) is 4.63. The summed E-state index contributed by atoms with van der Waals surface area (Å²) in [4.78, 5) is 16.8. The first-order valence-corrected chi connectivity index (χ1v) is 7.85. The van der Waals surface area contributed by atoms with Gasteiger partial charge in [0.25, 0.3) is 0 Å². The highest BCUT2D eigenvalue weighted by atomic mass is 19.3. The van der Waals surface area contributed by atoms with Gasteiger partial charge in [0.2, 0.25) is 0 Å². The van der Waals surface area contributed by atoms with Gasteiger partial charge in [-0.25, -0.2) is 4.79 Å². The summed E-state index contributed by atoms with van der Waals surface area (Å²) in [5.74, 6) is -0.617. The van der Waals surface area contributed by atoms with Gasteiger partial charge in [-0.05, 0) is 42.0 Å².